The lowest BCUT2D eigenvalue weighted by molar-refractivity contribution is -0.137. The highest BCUT2D eigenvalue weighted by Crippen LogP contribution is 2.20. The molecule has 0 spiro atoms. The van der Waals surface area contributed by atoms with Gasteiger partial charge >= 0.3 is 11.9 Å². The van der Waals surface area contributed by atoms with Gasteiger partial charge in [0.15, 0.2) is 0 Å². The summed E-state index contributed by atoms with van der Waals surface area (Å²) < 4.78 is 5.99. The largest absolute Gasteiger partial charge is 0.494 e. The van der Waals surface area contributed by atoms with E-state index in [0.29, 0.717) is 13.0 Å². The first kappa shape index (κ1) is 28.7. The third-order valence-corrected chi connectivity index (χ3v) is 6.55. The van der Waals surface area contributed by atoms with E-state index in [1.165, 1.54) is 11.1 Å². The SMILES string of the molecule is O=C(O)CCCCC(C=CCc1cccc(OCCCCc2ccccc2)c1)Cc1ccc(C(=O)O)cc1. The Morgan fingerprint density at radius 2 is 1.55 bits per heavy atom. The van der Waals surface area contributed by atoms with Gasteiger partial charge in [-0.3, -0.25) is 4.79 Å². The van der Waals surface area contributed by atoms with Crippen LogP contribution in [-0.2, 0) is 24.1 Å². The van der Waals surface area contributed by atoms with Gasteiger partial charge in [-0.25, -0.2) is 4.79 Å². The van der Waals surface area contributed by atoms with Crippen molar-refractivity contribution in [1.82, 2.24) is 0 Å². The maximum Gasteiger partial charge on any atom is 0.335 e. The van der Waals surface area contributed by atoms with E-state index < -0.39 is 11.9 Å². The van der Waals surface area contributed by atoms with Crippen LogP contribution >= 0.6 is 0 Å². The molecule has 0 saturated carbocycles. The van der Waals surface area contributed by atoms with Crippen LogP contribution in [-0.4, -0.2) is 28.8 Å². The van der Waals surface area contributed by atoms with E-state index in [1.54, 1.807) is 12.1 Å². The van der Waals surface area contributed by atoms with Crippen LogP contribution in [0.15, 0.2) is 91.0 Å². The van der Waals surface area contributed by atoms with Crippen LogP contribution in [0, 0.1) is 5.92 Å². The average molecular weight is 515 g/mol. The Bertz CT molecular complexity index is 1150. The first-order valence-electron chi connectivity index (χ1n) is 13.5. The number of hydrogen-bond acceptors (Lipinski definition) is 3. The maximum atomic E-state index is 11.1. The van der Waals surface area contributed by atoms with E-state index >= 15 is 0 Å². The zero-order valence-electron chi connectivity index (χ0n) is 21.9. The molecule has 38 heavy (non-hydrogen) atoms. The normalized spacial score (nSPS) is 11.9. The van der Waals surface area contributed by atoms with Crippen LogP contribution in [0.1, 0.15) is 65.6 Å². The molecule has 3 aromatic carbocycles. The minimum atomic E-state index is -0.930. The highest BCUT2D eigenvalue weighted by Gasteiger charge is 2.09. The molecule has 0 bridgehead atoms. The Morgan fingerprint density at radius 1 is 0.789 bits per heavy atom. The number of carboxylic acid groups (broad SMARTS) is 2. The lowest BCUT2D eigenvalue weighted by Gasteiger charge is -2.13. The molecule has 0 aliphatic rings. The summed E-state index contributed by atoms with van der Waals surface area (Å²) in [4.78, 5) is 22.0. The fraction of sp³-hybridized carbons (Fsp3) is 0.333. The van der Waals surface area contributed by atoms with Gasteiger partial charge in [0.1, 0.15) is 5.75 Å². The second-order valence-electron chi connectivity index (χ2n) is 9.68. The summed E-state index contributed by atoms with van der Waals surface area (Å²) in [7, 11) is 0. The Morgan fingerprint density at radius 3 is 2.29 bits per heavy atom. The van der Waals surface area contributed by atoms with Crippen molar-refractivity contribution in [2.75, 3.05) is 6.61 Å². The van der Waals surface area contributed by atoms with Crippen LogP contribution in [0.2, 0.25) is 0 Å². The monoisotopic (exact) mass is 514 g/mol. The second kappa shape index (κ2) is 16.1. The molecule has 2 N–H and O–H groups in total. The molecule has 5 nitrogen and oxygen atoms in total. The van der Waals surface area contributed by atoms with Crippen molar-refractivity contribution in [3.05, 3.63) is 113 Å². The van der Waals surface area contributed by atoms with Gasteiger partial charge in [0, 0.05) is 6.42 Å². The molecule has 3 aromatic rings. The molecule has 3 rings (SSSR count). The number of unbranched alkanes of at least 4 members (excludes halogenated alkanes) is 2. The summed E-state index contributed by atoms with van der Waals surface area (Å²) in [5.41, 5.74) is 3.89. The highest BCUT2D eigenvalue weighted by molar-refractivity contribution is 5.87. The van der Waals surface area contributed by atoms with Gasteiger partial charge in [-0.05, 0) is 91.8 Å². The minimum absolute atomic E-state index is 0.183. The van der Waals surface area contributed by atoms with Crippen molar-refractivity contribution in [1.29, 1.82) is 0 Å². The minimum Gasteiger partial charge on any atom is -0.494 e. The number of carboxylic acids is 2. The van der Waals surface area contributed by atoms with E-state index in [-0.39, 0.29) is 17.9 Å². The van der Waals surface area contributed by atoms with Gasteiger partial charge in [-0.15, -0.1) is 0 Å². The Kier molecular flexibility index (Phi) is 12.1. The Hall–Kier alpha value is -3.86. The van der Waals surface area contributed by atoms with Gasteiger partial charge < -0.3 is 14.9 Å². The topological polar surface area (TPSA) is 83.8 Å². The number of aromatic carboxylic acids is 1. The first-order valence-corrected chi connectivity index (χ1v) is 13.5. The van der Waals surface area contributed by atoms with Crippen molar-refractivity contribution in [3.63, 3.8) is 0 Å². The summed E-state index contributed by atoms with van der Waals surface area (Å²) in [6.45, 7) is 0.700. The van der Waals surface area contributed by atoms with Crippen LogP contribution in [0.4, 0.5) is 0 Å². The van der Waals surface area contributed by atoms with Gasteiger partial charge in [0.05, 0.1) is 12.2 Å². The average Bonchev–Trinajstić information content (AvgIpc) is 2.92. The Balaban J connectivity index is 1.49. The lowest BCUT2D eigenvalue weighted by Crippen LogP contribution is -2.04. The summed E-state index contributed by atoms with van der Waals surface area (Å²) in [5.74, 6) is -0.553. The first-order chi connectivity index (χ1) is 18.5. The molecule has 0 aliphatic heterocycles. The molecule has 1 unspecified atom stereocenters. The molecular weight excluding hydrogens is 476 g/mol. The molecule has 200 valence electrons. The highest BCUT2D eigenvalue weighted by atomic mass is 16.5. The zero-order valence-corrected chi connectivity index (χ0v) is 21.9. The number of aryl methyl sites for hydroxylation is 1. The summed E-state index contributed by atoms with van der Waals surface area (Å²) in [6, 6.07) is 25.7. The van der Waals surface area contributed by atoms with Crippen molar-refractivity contribution in [2.45, 2.75) is 57.8 Å². The number of allylic oxidation sites excluding steroid dienone is 2. The van der Waals surface area contributed by atoms with E-state index in [9.17, 15) is 9.59 Å². The van der Waals surface area contributed by atoms with Crippen LogP contribution in [0.25, 0.3) is 0 Å². The number of carbonyl (C=O) groups is 2. The van der Waals surface area contributed by atoms with Crippen LogP contribution in [0.5, 0.6) is 5.75 Å². The van der Waals surface area contributed by atoms with E-state index in [1.807, 2.05) is 30.3 Å². The van der Waals surface area contributed by atoms with Crippen LogP contribution in [0.3, 0.4) is 0 Å². The predicted molar refractivity (Wildman–Crippen MR) is 151 cm³/mol. The summed E-state index contributed by atoms with van der Waals surface area (Å²) in [5, 5.41) is 18.1. The van der Waals surface area contributed by atoms with Crippen LogP contribution < -0.4 is 4.74 Å². The third kappa shape index (κ3) is 11.0. The fourth-order valence-electron chi connectivity index (χ4n) is 4.46. The molecule has 0 heterocycles. The van der Waals surface area contributed by atoms with Gasteiger partial charge in [0.25, 0.3) is 0 Å². The van der Waals surface area contributed by atoms with Crippen molar-refractivity contribution in [3.8, 4) is 5.75 Å². The van der Waals surface area contributed by atoms with E-state index in [0.717, 1.165) is 56.3 Å². The Labute approximate surface area is 225 Å². The van der Waals surface area contributed by atoms with Gasteiger partial charge in [0.2, 0.25) is 0 Å². The smallest absolute Gasteiger partial charge is 0.335 e. The maximum absolute atomic E-state index is 11.1. The van der Waals surface area contributed by atoms with E-state index in [2.05, 4.69) is 48.6 Å². The molecule has 0 fully saturated rings. The molecule has 0 saturated heterocycles. The second-order valence-corrected chi connectivity index (χ2v) is 9.68. The van der Waals surface area contributed by atoms with E-state index in [4.69, 9.17) is 14.9 Å². The molecule has 0 aromatic heterocycles. The molecule has 0 amide bonds. The molecule has 0 aliphatic carbocycles. The van der Waals surface area contributed by atoms with Crippen molar-refractivity contribution < 1.29 is 24.5 Å². The van der Waals surface area contributed by atoms with Gasteiger partial charge in [-0.2, -0.15) is 0 Å². The van der Waals surface area contributed by atoms with Gasteiger partial charge in [-0.1, -0.05) is 73.2 Å². The quantitative estimate of drug-likeness (QED) is 0.145. The number of benzene rings is 3. The lowest BCUT2D eigenvalue weighted by atomic mass is 9.92. The summed E-state index contributed by atoms with van der Waals surface area (Å²) >= 11 is 0. The summed E-state index contributed by atoms with van der Waals surface area (Å²) in [6.07, 6.45) is 11.7. The molecule has 1 atom stereocenters. The number of hydrogen-bond donors (Lipinski definition) is 2. The number of ether oxygens (including phenoxy) is 1. The number of rotatable bonds is 17. The predicted octanol–water partition coefficient (Wildman–Crippen LogP) is 7.39. The fourth-order valence-corrected chi connectivity index (χ4v) is 4.46. The third-order valence-electron chi connectivity index (χ3n) is 6.55. The molecule has 5 heteroatoms. The zero-order chi connectivity index (χ0) is 27.0. The number of aliphatic carboxylic acids is 1. The standard InChI is InChI=1S/C33H38O5/c34-32(35)18-5-4-13-27(24-29-19-21-30(22-20-29)33(36)37)14-8-15-28-16-9-17-31(25-28)38-23-7-6-12-26-10-2-1-3-11-26/h1-3,8-11,14,16-17,19-22,25,27H,4-7,12-13,15,18,23-24H2,(H,34,35)(H,36,37). The van der Waals surface area contributed by atoms with Crippen molar-refractivity contribution >= 4 is 11.9 Å². The molecule has 0 radical (unpaired) electrons. The molecular formula is C33H38O5. The van der Waals surface area contributed by atoms with Crippen molar-refractivity contribution in [2.24, 2.45) is 5.92 Å².